The molecule has 34 heavy (non-hydrogen) atoms. The lowest BCUT2D eigenvalue weighted by atomic mass is 10.1. The van der Waals surface area contributed by atoms with Crippen LogP contribution in [-0.2, 0) is 21.4 Å². The van der Waals surface area contributed by atoms with Crippen LogP contribution in [0.3, 0.4) is 0 Å². The number of anilines is 1. The number of carbonyl (C=O) groups is 1. The van der Waals surface area contributed by atoms with E-state index in [1.54, 1.807) is 6.07 Å². The SMILES string of the molecule is CN1CCCCC/C1=N/S(=O)(=O)c1cccc(NC(=O)c2ccc(COCC(F)(F)F)cc2)c1. The first-order valence-electron chi connectivity index (χ1n) is 10.7. The summed E-state index contributed by atoms with van der Waals surface area (Å²) in [5, 5.41) is 2.63. The molecular formula is C23H26F3N3O4S. The van der Waals surface area contributed by atoms with Crippen LogP contribution in [-0.4, -0.2) is 51.4 Å². The van der Waals surface area contributed by atoms with Crippen LogP contribution in [0.15, 0.2) is 57.8 Å². The molecule has 2 aromatic rings. The summed E-state index contributed by atoms with van der Waals surface area (Å²) in [6.45, 7) is -0.840. The molecule has 0 saturated carbocycles. The van der Waals surface area contributed by atoms with E-state index in [4.69, 9.17) is 0 Å². The number of rotatable bonds is 7. The van der Waals surface area contributed by atoms with Gasteiger partial charge in [-0.15, -0.1) is 4.40 Å². The molecule has 11 heteroatoms. The Hall–Kier alpha value is -2.92. The van der Waals surface area contributed by atoms with Gasteiger partial charge in [0.2, 0.25) is 0 Å². The van der Waals surface area contributed by atoms with Crippen molar-refractivity contribution in [1.82, 2.24) is 4.90 Å². The van der Waals surface area contributed by atoms with E-state index in [0.29, 0.717) is 17.8 Å². The van der Waals surface area contributed by atoms with Gasteiger partial charge in [0.15, 0.2) is 0 Å². The van der Waals surface area contributed by atoms with Crippen molar-refractivity contribution in [3.8, 4) is 0 Å². The van der Waals surface area contributed by atoms with Gasteiger partial charge in [-0.1, -0.05) is 24.6 Å². The molecule has 1 amide bonds. The van der Waals surface area contributed by atoms with E-state index in [0.717, 1.165) is 25.8 Å². The molecule has 0 aromatic heterocycles. The number of nitrogens with zero attached hydrogens (tertiary/aromatic N) is 2. The van der Waals surface area contributed by atoms with E-state index in [2.05, 4.69) is 14.5 Å². The number of likely N-dealkylation sites (tertiary alicyclic amines) is 1. The van der Waals surface area contributed by atoms with Crippen molar-refractivity contribution < 1.29 is 31.1 Å². The molecule has 0 unspecified atom stereocenters. The maximum absolute atomic E-state index is 12.8. The third-order valence-corrected chi connectivity index (χ3v) is 6.50. The van der Waals surface area contributed by atoms with Crippen LogP contribution in [0.2, 0.25) is 0 Å². The Kier molecular flexibility index (Phi) is 8.32. The summed E-state index contributed by atoms with van der Waals surface area (Å²) in [6, 6.07) is 11.7. The predicted octanol–water partition coefficient (Wildman–Crippen LogP) is 4.61. The largest absolute Gasteiger partial charge is 0.411 e. The second kappa shape index (κ2) is 11.0. The number of alkyl halides is 3. The second-order valence-corrected chi connectivity index (χ2v) is 9.61. The summed E-state index contributed by atoms with van der Waals surface area (Å²) < 4.78 is 70.8. The molecule has 2 aromatic carbocycles. The highest BCUT2D eigenvalue weighted by Crippen LogP contribution is 2.21. The molecular weight excluding hydrogens is 471 g/mol. The Bertz CT molecular complexity index is 1130. The van der Waals surface area contributed by atoms with Crippen LogP contribution in [0.5, 0.6) is 0 Å². The normalized spacial score (nSPS) is 16.4. The van der Waals surface area contributed by atoms with E-state index < -0.39 is 28.7 Å². The zero-order valence-corrected chi connectivity index (χ0v) is 19.5. The molecule has 0 spiro atoms. The smallest absolute Gasteiger partial charge is 0.367 e. The standard InChI is InChI=1S/C23H26F3N3O4S/c1-29-13-4-2-3-8-21(29)28-34(31,32)20-7-5-6-19(14-20)27-22(30)18-11-9-17(10-12-18)15-33-16-23(24,25)26/h5-7,9-12,14H,2-4,8,13,15-16H2,1H3,(H,27,30)/b28-21-. The Morgan fingerprint density at radius 2 is 1.85 bits per heavy atom. The zero-order valence-electron chi connectivity index (χ0n) is 18.6. The Labute approximate surface area is 196 Å². The second-order valence-electron chi connectivity index (χ2n) is 8.00. The first-order chi connectivity index (χ1) is 16.0. The molecule has 0 atom stereocenters. The molecule has 1 heterocycles. The lowest BCUT2D eigenvalue weighted by Gasteiger charge is -2.17. The van der Waals surface area contributed by atoms with Gasteiger partial charge in [0.1, 0.15) is 12.4 Å². The molecule has 1 aliphatic rings. The summed E-state index contributed by atoms with van der Waals surface area (Å²) in [6.07, 6.45) is -0.935. The number of amides is 1. The average molecular weight is 498 g/mol. The number of amidine groups is 1. The fraction of sp³-hybridized carbons (Fsp3) is 0.391. The van der Waals surface area contributed by atoms with Gasteiger partial charge in [-0.2, -0.15) is 21.6 Å². The van der Waals surface area contributed by atoms with Gasteiger partial charge in [0.25, 0.3) is 15.9 Å². The highest BCUT2D eigenvalue weighted by Gasteiger charge is 2.27. The van der Waals surface area contributed by atoms with Crippen molar-refractivity contribution in [1.29, 1.82) is 0 Å². The van der Waals surface area contributed by atoms with Crippen molar-refractivity contribution in [2.24, 2.45) is 4.40 Å². The quantitative estimate of drug-likeness (QED) is 0.604. The maximum atomic E-state index is 12.8. The van der Waals surface area contributed by atoms with E-state index >= 15 is 0 Å². The summed E-state index contributed by atoms with van der Waals surface area (Å²) >= 11 is 0. The topological polar surface area (TPSA) is 88.1 Å². The Balaban J connectivity index is 1.67. The van der Waals surface area contributed by atoms with Crippen molar-refractivity contribution in [2.75, 3.05) is 25.5 Å². The maximum Gasteiger partial charge on any atom is 0.411 e. The average Bonchev–Trinajstić information content (AvgIpc) is 2.97. The number of halogens is 3. The highest BCUT2D eigenvalue weighted by molar-refractivity contribution is 7.90. The summed E-state index contributed by atoms with van der Waals surface area (Å²) in [5.41, 5.74) is 1.02. The lowest BCUT2D eigenvalue weighted by Crippen LogP contribution is -2.26. The van der Waals surface area contributed by atoms with Crippen LogP contribution < -0.4 is 5.32 Å². The molecule has 0 aliphatic carbocycles. The van der Waals surface area contributed by atoms with Crippen LogP contribution in [0.1, 0.15) is 41.6 Å². The minimum absolute atomic E-state index is 0.0346. The molecule has 1 aliphatic heterocycles. The van der Waals surface area contributed by atoms with Gasteiger partial charge in [0.05, 0.1) is 11.5 Å². The first-order valence-corrected chi connectivity index (χ1v) is 12.2. The number of carbonyl (C=O) groups excluding carboxylic acids is 1. The minimum atomic E-state index is -4.40. The van der Waals surface area contributed by atoms with E-state index in [-0.39, 0.29) is 22.8 Å². The fourth-order valence-electron chi connectivity index (χ4n) is 3.41. The molecule has 0 radical (unpaired) electrons. The molecule has 0 bridgehead atoms. The summed E-state index contributed by atoms with van der Waals surface area (Å²) in [5.74, 6) is 0.0263. The minimum Gasteiger partial charge on any atom is -0.367 e. The molecule has 184 valence electrons. The van der Waals surface area contributed by atoms with Crippen LogP contribution in [0, 0.1) is 0 Å². The van der Waals surface area contributed by atoms with Gasteiger partial charge in [-0.25, -0.2) is 0 Å². The van der Waals surface area contributed by atoms with Gasteiger partial charge in [-0.3, -0.25) is 4.79 Å². The van der Waals surface area contributed by atoms with Crippen LogP contribution in [0.25, 0.3) is 0 Å². The monoisotopic (exact) mass is 497 g/mol. The van der Waals surface area contributed by atoms with Crippen molar-refractivity contribution >= 4 is 27.5 Å². The van der Waals surface area contributed by atoms with Crippen LogP contribution >= 0.6 is 0 Å². The molecule has 1 saturated heterocycles. The third kappa shape index (κ3) is 7.56. The summed E-state index contributed by atoms with van der Waals surface area (Å²) in [7, 11) is -2.13. The Morgan fingerprint density at radius 3 is 2.56 bits per heavy atom. The van der Waals surface area contributed by atoms with E-state index in [1.807, 2.05) is 11.9 Å². The summed E-state index contributed by atoms with van der Waals surface area (Å²) in [4.78, 5) is 14.4. The Morgan fingerprint density at radius 1 is 1.12 bits per heavy atom. The molecule has 7 nitrogen and oxygen atoms in total. The molecule has 1 fully saturated rings. The lowest BCUT2D eigenvalue weighted by molar-refractivity contribution is -0.176. The zero-order chi connectivity index (χ0) is 24.8. The third-order valence-electron chi connectivity index (χ3n) is 5.20. The fourth-order valence-corrected chi connectivity index (χ4v) is 4.55. The number of hydrogen-bond donors (Lipinski definition) is 1. The van der Waals surface area contributed by atoms with Crippen molar-refractivity contribution in [3.63, 3.8) is 0 Å². The van der Waals surface area contributed by atoms with Crippen molar-refractivity contribution in [2.45, 2.75) is 43.4 Å². The van der Waals surface area contributed by atoms with Gasteiger partial charge in [0, 0.05) is 31.3 Å². The first kappa shape index (κ1) is 25.7. The van der Waals surface area contributed by atoms with Crippen molar-refractivity contribution in [3.05, 3.63) is 59.7 Å². The van der Waals surface area contributed by atoms with Gasteiger partial charge in [-0.05, 0) is 48.7 Å². The highest BCUT2D eigenvalue weighted by atomic mass is 32.2. The molecule has 3 rings (SSSR count). The van der Waals surface area contributed by atoms with E-state index in [1.165, 1.54) is 42.5 Å². The van der Waals surface area contributed by atoms with Gasteiger partial charge < -0.3 is 15.0 Å². The van der Waals surface area contributed by atoms with E-state index in [9.17, 15) is 26.4 Å². The van der Waals surface area contributed by atoms with Crippen LogP contribution in [0.4, 0.5) is 18.9 Å². The number of hydrogen-bond acceptors (Lipinski definition) is 4. The predicted molar refractivity (Wildman–Crippen MR) is 122 cm³/mol. The van der Waals surface area contributed by atoms with Gasteiger partial charge >= 0.3 is 6.18 Å². The number of nitrogens with one attached hydrogen (secondary N) is 1. The number of sulfonamides is 1. The number of ether oxygens (including phenoxy) is 1. The number of benzene rings is 2. The molecule has 1 N–H and O–H groups in total.